The summed E-state index contributed by atoms with van der Waals surface area (Å²) in [7, 11) is 0. The average Bonchev–Trinajstić information content (AvgIpc) is 2.43. The first-order chi connectivity index (χ1) is 7.50. The molecule has 1 N–H and O–H groups in total. The number of amides is 2. The van der Waals surface area contributed by atoms with Crippen molar-refractivity contribution in [2.24, 2.45) is 0 Å². The molecule has 0 atom stereocenters. The lowest BCUT2D eigenvalue weighted by atomic mass is 10.1. The predicted octanol–water partition coefficient (Wildman–Crippen LogP) is 1.02. The zero-order valence-corrected chi connectivity index (χ0v) is 8.69. The first-order valence-electron chi connectivity index (χ1n) is 4.38. The number of nitrogens with zero attached hydrogens (tertiary/aromatic N) is 1. The zero-order chi connectivity index (χ0) is 11.9. The SMILES string of the molecule is O=C(O)CN1C(=O)c2ccc(Cl)cc2C1=O. The molecular weight excluding hydrogens is 234 g/mol. The number of rotatable bonds is 2. The smallest absolute Gasteiger partial charge is 0.323 e. The van der Waals surface area contributed by atoms with E-state index in [9.17, 15) is 14.4 Å². The third-order valence-electron chi connectivity index (χ3n) is 2.23. The quantitative estimate of drug-likeness (QED) is 0.782. The maximum atomic E-state index is 11.7. The van der Waals surface area contributed by atoms with E-state index in [2.05, 4.69) is 0 Å². The molecule has 0 radical (unpaired) electrons. The van der Waals surface area contributed by atoms with E-state index < -0.39 is 24.3 Å². The number of hydrogen-bond acceptors (Lipinski definition) is 3. The Labute approximate surface area is 95.2 Å². The van der Waals surface area contributed by atoms with E-state index in [0.29, 0.717) is 9.92 Å². The second-order valence-electron chi connectivity index (χ2n) is 3.28. The van der Waals surface area contributed by atoms with E-state index >= 15 is 0 Å². The molecule has 0 unspecified atom stereocenters. The highest BCUT2D eigenvalue weighted by Gasteiger charge is 2.36. The number of fused-ring (bicyclic) bond motifs is 1. The van der Waals surface area contributed by atoms with Gasteiger partial charge in [-0.05, 0) is 18.2 Å². The van der Waals surface area contributed by atoms with E-state index in [-0.39, 0.29) is 11.1 Å². The van der Waals surface area contributed by atoms with Crippen molar-refractivity contribution in [1.82, 2.24) is 4.90 Å². The van der Waals surface area contributed by atoms with Crippen LogP contribution in [0, 0.1) is 0 Å². The maximum Gasteiger partial charge on any atom is 0.323 e. The molecule has 0 spiro atoms. The summed E-state index contributed by atoms with van der Waals surface area (Å²) in [6.07, 6.45) is 0. The summed E-state index contributed by atoms with van der Waals surface area (Å²) in [5, 5.41) is 8.90. The van der Waals surface area contributed by atoms with Crippen LogP contribution in [0.25, 0.3) is 0 Å². The third kappa shape index (κ3) is 1.55. The Hall–Kier alpha value is -1.88. The summed E-state index contributed by atoms with van der Waals surface area (Å²) in [6.45, 7) is -0.635. The molecule has 6 heteroatoms. The van der Waals surface area contributed by atoms with E-state index in [0.717, 1.165) is 0 Å². The Morgan fingerprint density at radius 1 is 1.25 bits per heavy atom. The maximum absolute atomic E-state index is 11.7. The summed E-state index contributed by atoms with van der Waals surface area (Å²) >= 11 is 5.69. The normalized spacial score (nSPS) is 14.2. The monoisotopic (exact) mass is 239 g/mol. The molecule has 82 valence electrons. The van der Waals surface area contributed by atoms with Gasteiger partial charge < -0.3 is 5.11 Å². The Morgan fingerprint density at radius 3 is 2.50 bits per heavy atom. The molecule has 0 saturated heterocycles. The topological polar surface area (TPSA) is 74.7 Å². The highest BCUT2D eigenvalue weighted by Crippen LogP contribution is 2.25. The molecule has 1 aliphatic rings. The van der Waals surface area contributed by atoms with Crippen LogP contribution >= 0.6 is 11.6 Å². The molecule has 2 rings (SSSR count). The Kier molecular flexibility index (Phi) is 2.40. The second-order valence-corrected chi connectivity index (χ2v) is 3.72. The van der Waals surface area contributed by atoms with Crippen molar-refractivity contribution in [1.29, 1.82) is 0 Å². The molecule has 1 aliphatic heterocycles. The fourth-order valence-corrected chi connectivity index (χ4v) is 1.71. The number of carbonyl (C=O) groups excluding carboxylic acids is 2. The summed E-state index contributed by atoms with van der Waals surface area (Å²) in [4.78, 5) is 34.5. The highest BCUT2D eigenvalue weighted by atomic mass is 35.5. The van der Waals surface area contributed by atoms with E-state index in [1.165, 1.54) is 18.2 Å². The number of halogens is 1. The van der Waals surface area contributed by atoms with Gasteiger partial charge in [0.25, 0.3) is 11.8 Å². The van der Waals surface area contributed by atoms with Crippen molar-refractivity contribution in [2.45, 2.75) is 0 Å². The van der Waals surface area contributed by atoms with Gasteiger partial charge in [-0.3, -0.25) is 19.3 Å². The number of benzene rings is 1. The van der Waals surface area contributed by atoms with Crippen LogP contribution in [0.3, 0.4) is 0 Å². The van der Waals surface area contributed by atoms with Crippen LogP contribution < -0.4 is 0 Å². The van der Waals surface area contributed by atoms with Crippen LogP contribution in [0.15, 0.2) is 18.2 Å². The number of aliphatic carboxylic acids is 1. The van der Waals surface area contributed by atoms with Gasteiger partial charge in [0.1, 0.15) is 6.54 Å². The molecule has 1 aromatic carbocycles. The lowest BCUT2D eigenvalue weighted by Gasteiger charge is -2.09. The average molecular weight is 240 g/mol. The molecule has 2 amide bonds. The first kappa shape index (κ1) is 10.6. The van der Waals surface area contributed by atoms with Crippen molar-refractivity contribution in [2.75, 3.05) is 6.54 Å². The molecule has 0 bridgehead atoms. The summed E-state index contributed by atoms with van der Waals surface area (Å²) in [6, 6.07) is 4.26. The minimum Gasteiger partial charge on any atom is -0.480 e. The molecule has 0 fully saturated rings. The van der Waals surface area contributed by atoms with Crippen LogP contribution in [0.1, 0.15) is 20.7 Å². The first-order valence-corrected chi connectivity index (χ1v) is 4.76. The summed E-state index contributed by atoms with van der Waals surface area (Å²) in [5.74, 6) is -2.45. The molecule has 1 heterocycles. The zero-order valence-electron chi connectivity index (χ0n) is 7.94. The van der Waals surface area contributed by atoms with E-state index in [1.54, 1.807) is 0 Å². The number of imide groups is 1. The standard InChI is InChI=1S/C10H6ClNO4/c11-5-1-2-6-7(3-5)10(16)12(9(6)15)4-8(13)14/h1-3H,4H2,(H,13,14). The minimum atomic E-state index is -1.24. The van der Waals surface area contributed by atoms with Gasteiger partial charge >= 0.3 is 5.97 Å². The summed E-state index contributed by atoms with van der Waals surface area (Å²) in [5.41, 5.74) is 0.342. The van der Waals surface area contributed by atoms with Gasteiger partial charge in [-0.15, -0.1) is 0 Å². The largest absolute Gasteiger partial charge is 0.480 e. The van der Waals surface area contributed by atoms with E-state index in [1.807, 2.05) is 0 Å². The molecule has 0 aliphatic carbocycles. The Bertz CT molecular complexity index is 512. The van der Waals surface area contributed by atoms with Gasteiger partial charge in [-0.2, -0.15) is 0 Å². The third-order valence-corrected chi connectivity index (χ3v) is 2.46. The van der Waals surface area contributed by atoms with Crippen LogP contribution in [0.4, 0.5) is 0 Å². The van der Waals surface area contributed by atoms with Gasteiger partial charge in [0, 0.05) is 5.02 Å². The van der Waals surface area contributed by atoms with E-state index in [4.69, 9.17) is 16.7 Å². The molecule has 1 aromatic rings. The van der Waals surface area contributed by atoms with Crippen molar-refractivity contribution >= 4 is 29.4 Å². The van der Waals surface area contributed by atoms with Gasteiger partial charge in [-0.1, -0.05) is 11.6 Å². The number of carbonyl (C=O) groups is 3. The fourth-order valence-electron chi connectivity index (χ4n) is 1.54. The van der Waals surface area contributed by atoms with Gasteiger partial charge in [0.15, 0.2) is 0 Å². The molecule has 5 nitrogen and oxygen atoms in total. The van der Waals surface area contributed by atoms with Crippen LogP contribution in [0.5, 0.6) is 0 Å². The lowest BCUT2D eigenvalue weighted by molar-refractivity contribution is -0.137. The Balaban J connectivity index is 2.44. The molecule has 0 aromatic heterocycles. The molecule has 16 heavy (non-hydrogen) atoms. The highest BCUT2D eigenvalue weighted by molar-refractivity contribution is 6.32. The predicted molar refractivity (Wildman–Crippen MR) is 54.5 cm³/mol. The number of hydrogen-bond donors (Lipinski definition) is 1. The van der Waals surface area contributed by atoms with Gasteiger partial charge in [0.05, 0.1) is 11.1 Å². The minimum absolute atomic E-state index is 0.152. The summed E-state index contributed by atoms with van der Waals surface area (Å²) < 4.78 is 0. The van der Waals surface area contributed by atoms with Crippen LogP contribution in [-0.2, 0) is 4.79 Å². The van der Waals surface area contributed by atoms with Gasteiger partial charge in [-0.25, -0.2) is 0 Å². The molecule has 0 saturated carbocycles. The van der Waals surface area contributed by atoms with Crippen LogP contribution in [0.2, 0.25) is 5.02 Å². The molecular formula is C10H6ClNO4. The number of carboxylic acid groups (broad SMARTS) is 1. The number of carboxylic acids is 1. The van der Waals surface area contributed by atoms with Crippen molar-refractivity contribution < 1.29 is 19.5 Å². The lowest BCUT2D eigenvalue weighted by Crippen LogP contribution is -2.34. The second kappa shape index (κ2) is 3.61. The fraction of sp³-hybridized carbons (Fsp3) is 0.100. The van der Waals surface area contributed by atoms with Crippen molar-refractivity contribution in [3.8, 4) is 0 Å². The van der Waals surface area contributed by atoms with Crippen LogP contribution in [-0.4, -0.2) is 34.3 Å². The van der Waals surface area contributed by atoms with Crippen molar-refractivity contribution in [3.63, 3.8) is 0 Å². The van der Waals surface area contributed by atoms with Crippen molar-refractivity contribution in [3.05, 3.63) is 34.3 Å². The van der Waals surface area contributed by atoms with Gasteiger partial charge in [0.2, 0.25) is 0 Å². The Morgan fingerprint density at radius 2 is 1.88 bits per heavy atom.